The van der Waals surface area contributed by atoms with Gasteiger partial charge in [-0.2, -0.15) is 0 Å². The fourth-order valence-corrected chi connectivity index (χ4v) is 3.26. The molecule has 0 saturated heterocycles. The highest BCUT2D eigenvalue weighted by molar-refractivity contribution is 6.08. The first kappa shape index (κ1) is 18.3. The van der Waals surface area contributed by atoms with Crippen LogP contribution in [0, 0.1) is 0 Å². The average Bonchev–Trinajstić information content (AvgIpc) is 3.07. The molecule has 6 nitrogen and oxygen atoms in total. The Labute approximate surface area is 167 Å². The quantitative estimate of drug-likeness (QED) is 0.413. The Kier molecular flexibility index (Phi) is 4.99. The first-order chi connectivity index (χ1) is 14.2. The van der Waals surface area contributed by atoms with Crippen molar-refractivity contribution in [2.45, 2.75) is 0 Å². The third-order valence-electron chi connectivity index (χ3n) is 4.56. The lowest BCUT2D eigenvalue weighted by Crippen LogP contribution is -2.42. The first-order valence-electron chi connectivity index (χ1n) is 8.98. The van der Waals surface area contributed by atoms with Crippen LogP contribution in [0.4, 0.5) is 4.79 Å². The van der Waals surface area contributed by atoms with E-state index in [9.17, 15) is 9.59 Å². The number of fused-ring (bicyclic) bond motifs is 3. The van der Waals surface area contributed by atoms with Crippen molar-refractivity contribution in [3.05, 3.63) is 90.0 Å². The van der Waals surface area contributed by atoms with E-state index in [0.717, 1.165) is 27.8 Å². The smallest absolute Gasteiger partial charge is 0.431 e. The molecule has 1 aliphatic rings. The Hall–Kier alpha value is -4.06. The molecule has 3 aromatic carbocycles. The molecule has 2 amide bonds. The second kappa shape index (κ2) is 7.90. The van der Waals surface area contributed by atoms with Gasteiger partial charge in [0.2, 0.25) is 0 Å². The third-order valence-corrected chi connectivity index (χ3v) is 4.56. The Morgan fingerprint density at radius 1 is 0.724 bits per heavy atom. The summed E-state index contributed by atoms with van der Waals surface area (Å²) in [6, 6.07) is 22.3. The molecule has 0 unspecified atom stereocenters. The van der Waals surface area contributed by atoms with Crippen molar-refractivity contribution in [1.29, 1.82) is 0 Å². The number of benzene rings is 3. The largest absolute Gasteiger partial charge is 0.497 e. The van der Waals surface area contributed by atoms with Crippen LogP contribution < -0.4 is 20.3 Å². The van der Waals surface area contributed by atoms with Crippen LogP contribution in [-0.2, 0) is 4.79 Å². The summed E-state index contributed by atoms with van der Waals surface area (Å²) in [5.74, 6) is 0.516. The summed E-state index contributed by atoms with van der Waals surface area (Å²) in [4.78, 5) is 24.3. The summed E-state index contributed by atoms with van der Waals surface area (Å²) in [5.41, 5.74) is 9.51. The van der Waals surface area contributed by atoms with Crippen LogP contribution in [-0.4, -0.2) is 19.1 Å². The second-order valence-electron chi connectivity index (χ2n) is 6.33. The van der Waals surface area contributed by atoms with Gasteiger partial charge in [0.1, 0.15) is 11.5 Å². The molecular weight excluding hydrogens is 368 g/mol. The zero-order chi connectivity index (χ0) is 20.2. The number of hydrogen-bond donors (Lipinski definition) is 2. The summed E-state index contributed by atoms with van der Waals surface area (Å²) >= 11 is 0. The summed E-state index contributed by atoms with van der Waals surface area (Å²) in [7, 11) is 1.55. The van der Waals surface area contributed by atoms with E-state index in [1.165, 1.54) is 6.08 Å². The zero-order valence-electron chi connectivity index (χ0n) is 15.6. The van der Waals surface area contributed by atoms with Gasteiger partial charge in [-0.15, -0.1) is 0 Å². The molecule has 0 aromatic heterocycles. The number of carbonyl (C=O) groups is 2. The average molecular weight is 386 g/mol. The Morgan fingerprint density at radius 2 is 1.24 bits per heavy atom. The molecule has 0 aliphatic heterocycles. The Morgan fingerprint density at radius 3 is 1.79 bits per heavy atom. The Balaban J connectivity index is 1.44. The fraction of sp³-hybridized carbons (Fsp3) is 0.0435. The van der Waals surface area contributed by atoms with Crippen molar-refractivity contribution in [3.63, 3.8) is 0 Å². The van der Waals surface area contributed by atoms with E-state index in [0.29, 0.717) is 11.5 Å². The predicted octanol–water partition coefficient (Wildman–Crippen LogP) is 3.93. The van der Waals surface area contributed by atoms with Gasteiger partial charge in [0.15, 0.2) is 0 Å². The minimum absolute atomic E-state index is 0.328. The number of methoxy groups -OCH3 is 1. The minimum atomic E-state index is -0.797. The van der Waals surface area contributed by atoms with Gasteiger partial charge in [-0.3, -0.25) is 10.2 Å². The number of rotatable bonds is 3. The standard InChI is InChI=1S/C23H18N2O4/c1-28-15-10-12-16(13-11-15)29-23(27)25-24-22(26)14-21-19-8-4-2-6-17(19)18-7-3-5-9-20(18)21/h2-14H,1H3,(H,24,26)(H,25,27). The van der Waals surface area contributed by atoms with Crippen molar-refractivity contribution in [3.8, 4) is 22.6 Å². The molecule has 0 fully saturated rings. The van der Waals surface area contributed by atoms with Crippen molar-refractivity contribution in [2.75, 3.05) is 7.11 Å². The summed E-state index contributed by atoms with van der Waals surface area (Å²) in [5, 5.41) is 0. The molecule has 144 valence electrons. The maximum Gasteiger partial charge on any atom is 0.431 e. The molecule has 6 heteroatoms. The molecule has 3 aromatic rings. The number of nitrogens with one attached hydrogen (secondary N) is 2. The van der Waals surface area contributed by atoms with E-state index in [1.54, 1.807) is 31.4 Å². The summed E-state index contributed by atoms with van der Waals surface area (Å²) < 4.78 is 10.2. The summed E-state index contributed by atoms with van der Waals surface area (Å²) in [6.45, 7) is 0. The van der Waals surface area contributed by atoms with Gasteiger partial charge in [0.25, 0.3) is 5.91 Å². The lowest BCUT2D eigenvalue weighted by Gasteiger charge is -2.08. The van der Waals surface area contributed by atoms with Gasteiger partial charge in [-0.1, -0.05) is 48.5 Å². The molecule has 29 heavy (non-hydrogen) atoms. The normalized spacial score (nSPS) is 11.1. The first-order valence-corrected chi connectivity index (χ1v) is 8.98. The number of ether oxygens (including phenoxy) is 2. The fourth-order valence-electron chi connectivity index (χ4n) is 3.26. The zero-order valence-corrected chi connectivity index (χ0v) is 15.6. The van der Waals surface area contributed by atoms with Gasteiger partial charge in [0.05, 0.1) is 7.11 Å². The van der Waals surface area contributed by atoms with Gasteiger partial charge in [-0.25, -0.2) is 10.2 Å². The highest BCUT2D eigenvalue weighted by Crippen LogP contribution is 2.43. The van der Waals surface area contributed by atoms with E-state index < -0.39 is 12.0 Å². The summed E-state index contributed by atoms with van der Waals surface area (Å²) in [6.07, 6.45) is 0.673. The highest BCUT2D eigenvalue weighted by atomic mass is 16.6. The van der Waals surface area contributed by atoms with E-state index in [1.807, 2.05) is 48.5 Å². The van der Waals surface area contributed by atoms with Crippen molar-refractivity contribution in [2.24, 2.45) is 0 Å². The number of hydrazine groups is 1. The molecule has 2 N–H and O–H groups in total. The van der Waals surface area contributed by atoms with E-state index in [-0.39, 0.29) is 0 Å². The SMILES string of the molecule is COc1ccc(OC(=O)NNC(=O)C=C2c3ccccc3-c3ccccc32)cc1. The molecule has 0 saturated carbocycles. The predicted molar refractivity (Wildman–Crippen MR) is 109 cm³/mol. The monoisotopic (exact) mass is 386 g/mol. The van der Waals surface area contributed by atoms with E-state index in [4.69, 9.17) is 9.47 Å². The number of carbonyl (C=O) groups excluding carboxylic acids is 2. The Bertz CT molecular complexity index is 1060. The maximum atomic E-state index is 12.4. The lowest BCUT2D eigenvalue weighted by atomic mass is 10.0. The molecule has 0 spiro atoms. The second-order valence-corrected chi connectivity index (χ2v) is 6.33. The van der Waals surface area contributed by atoms with Crippen LogP contribution in [0.2, 0.25) is 0 Å². The van der Waals surface area contributed by atoms with E-state index in [2.05, 4.69) is 10.9 Å². The molecule has 1 aliphatic carbocycles. The molecular formula is C23H18N2O4. The van der Waals surface area contributed by atoms with Crippen molar-refractivity contribution >= 4 is 17.6 Å². The van der Waals surface area contributed by atoms with Gasteiger partial charge in [0, 0.05) is 6.08 Å². The molecule has 4 rings (SSSR count). The highest BCUT2D eigenvalue weighted by Gasteiger charge is 2.23. The molecule has 0 heterocycles. The van der Waals surface area contributed by atoms with Gasteiger partial charge in [-0.05, 0) is 52.1 Å². The topological polar surface area (TPSA) is 76.7 Å². The number of amides is 2. The molecule has 0 radical (unpaired) electrons. The van der Waals surface area contributed by atoms with Crippen molar-refractivity contribution < 1.29 is 19.1 Å². The van der Waals surface area contributed by atoms with Gasteiger partial charge < -0.3 is 9.47 Å². The van der Waals surface area contributed by atoms with Gasteiger partial charge >= 0.3 is 6.09 Å². The van der Waals surface area contributed by atoms with Crippen LogP contribution in [0.25, 0.3) is 16.7 Å². The third kappa shape index (κ3) is 3.82. The van der Waals surface area contributed by atoms with Crippen molar-refractivity contribution in [1.82, 2.24) is 10.9 Å². The lowest BCUT2D eigenvalue weighted by molar-refractivity contribution is -0.117. The number of hydrogen-bond acceptors (Lipinski definition) is 4. The molecule has 0 atom stereocenters. The van der Waals surface area contributed by atoms with E-state index >= 15 is 0 Å². The minimum Gasteiger partial charge on any atom is -0.497 e. The van der Waals surface area contributed by atoms with Crippen LogP contribution >= 0.6 is 0 Å². The van der Waals surface area contributed by atoms with Crippen LogP contribution in [0.5, 0.6) is 11.5 Å². The maximum absolute atomic E-state index is 12.4. The molecule has 0 bridgehead atoms. The van der Waals surface area contributed by atoms with Crippen LogP contribution in [0.3, 0.4) is 0 Å². The van der Waals surface area contributed by atoms with Crippen LogP contribution in [0.15, 0.2) is 78.9 Å². The van der Waals surface area contributed by atoms with Crippen LogP contribution in [0.1, 0.15) is 11.1 Å².